The molecular formula is C9H10F2N2O. The van der Waals surface area contributed by atoms with Gasteiger partial charge in [-0.2, -0.15) is 0 Å². The second-order valence-corrected chi connectivity index (χ2v) is 2.77. The summed E-state index contributed by atoms with van der Waals surface area (Å²) in [6.07, 6.45) is -0.0880. The van der Waals surface area contributed by atoms with Crippen LogP contribution in [0.3, 0.4) is 0 Å². The molecule has 0 saturated carbocycles. The zero-order valence-corrected chi connectivity index (χ0v) is 7.60. The fraction of sp³-hybridized carbons (Fsp3) is 0.222. The Morgan fingerprint density at radius 1 is 1.50 bits per heavy atom. The third kappa shape index (κ3) is 2.18. The van der Waals surface area contributed by atoms with E-state index in [1.54, 1.807) is 0 Å². The van der Waals surface area contributed by atoms with Crippen molar-refractivity contribution in [2.24, 2.45) is 5.73 Å². The molecule has 0 amide bonds. The van der Waals surface area contributed by atoms with Crippen LogP contribution in [0.4, 0.5) is 8.78 Å². The van der Waals surface area contributed by atoms with Crippen molar-refractivity contribution in [3.8, 4) is 5.75 Å². The molecule has 0 aliphatic carbocycles. The summed E-state index contributed by atoms with van der Waals surface area (Å²) in [5.41, 5.74) is 5.22. The Bertz CT molecular complexity index is 366. The number of hydrogen-bond donors (Lipinski definition) is 2. The predicted molar refractivity (Wildman–Crippen MR) is 48.5 cm³/mol. The fourth-order valence-corrected chi connectivity index (χ4v) is 1.12. The van der Waals surface area contributed by atoms with Gasteiger partial charge in [0.2, 0.25) is 0 Å². The average Bonchev–Trinajstić information content (AvgIpc) is 2.08. The molecule has 0 aliphatic heterocycles. The molecule has 1 aromatic carbocycles. The third-order valence-corrected chi connectivity index (χ3v) is 1.71. The highest BCUT2D eigenvalue weighted by Gasteiger charge is 2.12. The molecule has 0 unspecified atom stereocenters. The first-order chi connectivity index (χ1) is 6.54. The zero-order chi connectivity index (χ0) is 10.7. The molecule has 0 aromatic heterocycles. The lowest BCUT2D eigenvalue weighted by Crippen LogP contribution is -2.14. The molecule has 0 radical (unpaired) electrons. The van der Waals surface area contributed by atoms with Crippen LogP contribution in [0.1, 0.15) is 5.56 Å². The first kappa shape index (κ1) is 10.4. The molecule has 0 spiro atoms. The summed E-state index contributed by atoms with van der Waals surface area (Å²) < 4.78 is 30.7. The standard InChI is InChI=1S/C9H10F2N2O/c1-14-8-3-5(10)2-7(11)6(8)4-9(12)13/h2-3H,4H2,1H3,(H3,12,13). The predicted octanol–water partition coefficient (Wildman–Crippen LogP) is 1.45. The normalized spacial score (nSPS) is 9.93. The summed E-state index contributed by atoms with van der Waals surface area (Å²) in [7, 11) is 1.30. The number of nitrogens with one attached hydrogen (secondary N) is 1. The van der Waals surface area contributed by atoms with Crippen molar-refractivity contribution < 1.29 is 13.5 Å². The topological polar surface area (TPSA) is 59.1 Å². The number of nitrogens with two attached hydrogens (primary N) is 1. The van der Waals surface area contributed by atoms with Gasteiger partial charge in [0.15, 0.2) is 0 Å². The Morgan fingerprint density at radius 3 is 2.64 bits per heavy atom. The van der Waals surface area contributed by atoms with Crippen molar-refractivity contribution in [1.29, 1.82) is 5.41 Å². The van der Waals surface area contributed by atoms with Crippen LogP contribution < -0.4 is 10.5 Å². The molecule has 5 heteroatoms. The highest BCUT2D eigenvalue weighted by molar-refractivity contribution is 5.80. The Kier molecular flexibility index (Phi) is 3.01. The van der Waals surface area contributed by atoms with Crippen LogP contribution in [0.2, 0.25) is 0 Å². The molecule has 14 heavy (non-hydrogen) atoms. The maximum atomic E-state index is 13.2. The zero-order valence-electron chi connectivity index (χ0n) is 7.60. The highest BCUT2D eigenvalue weighted by atomic mass is 19.1. The Balaban J connectivity index is 3.18. The van der Waals surface area contributed by atoms with Crippen LogP contribution in [-0.4, -0.2) is 12.9 Å². The second-order valence-electron chi connectivity index (χ2n) is 2.77. The molecule has 1 aromatic rings. The first-order valence-electron chi connectivity index (χ1n) is 3.89. The molecule has 0 saturated heterocycles. The fourth-order valence-electron chi connectivity index (χ4n) is 1.12. The van der Waals surface area contributed by atoms with Gasteiger partial charge in [0.25, 0.3) is 0 Å². The van der Waals surface area contributed by atoms with E-state index in [2.05, 4.69) is 0 Å². The van der Waals surface area contributed by atoms with Crippen LogP contribution in [0.5, 0.6) is 5.75 Å². The number of rotatable bonds is 3. The second kappa shape index (κ2) is 4.04. The van der Waals surface area contributed by atoms with Crippen molar-refractivity contribution in [2.75, 3.05) is 7.11 Å². The summed E-state index contributed by atoms with van der Waals surface area (Å²) in [6.45, 7) is 0. The van der Waals surface area contributed by atoms with Crippen molar-refractivity contribution in [3.05, 3.63) is 29.3 Å². The highest BCUT2D eigenvalue weighted by Crippen LogP contribution is 2.23. The van der Waals surface area contributed by atoms with Gasteiger partial charge in [-0.05, 0) is 0 Å². The molecule has 0 atom stereocenters. The Labute approximate surface area is 80.0 Å². The summed E-state index contributed by atoms with van der Waals surface area (Å²) in [5.74, 6) is -1.60. The van der Waals surface area contributed by atoms with Crippen LogP contribution in [0, 0.1) is 17.0 Å². The van der Waals surface area contributed by atoms with E-state index in [0.29, 0.717) is 0 Å². The summed E-state index contributed by atoms with van der Waals surface area (Å²) in [5, 5.41) is 7.02. The number of ether oxygens (including phenoxy) is 1. The molecule has 0 bridgehead atoms. The molecular weight excluding hydrogens is 190 g/mol. The number of benzene rings is 1. The van der Waals surface area contributed by atoms with Crippen LogP contribution in [0.25, 0.3) is 0 Å². The minimum absolute atomic E-state index is 0.0673. The van der Waals surface area contributed by atoms with Crippen LogP contribution in [0.15, 0.2) is 12.1 Å². The van der Waals surface area contributed by atoms with Gasteiger partial charge < -0.3 is 10.5 Å². The Hall–Kier alpha value is -1.65. The van der Waals surface area contributed by atoms with E-state index >= 15 is 0 Å². The maximum absolute atomic E-state index is 13.2. The van der Waals surface area contributed by atoms with Gasteiger partial charge >= 0.3 is 0 Å². The van der Waals surface area contributed by atoms with E-state index in [1.807, 2.05) is 0 Å². The van der Waals surface area contributed by atoms with E-state index in [4.69, 9.17) is 15.9 Å². The van der Waals surface area contributed by atoms with Gasteiger partial charge in [-0.25, -0.2) is 8.78 Å². The van der Waals surface area contributed by atoms with E-state index < -0.39 is 11.6 Å². The van der Waals surface area contributed by atoms with E-state index in [0.717, 1.165) is 12.1 Å². The number of amidine groups is 1. The molecule has 0 heterocycles. The van der Waals surface area contributed by atoms with Gasteiger partial charge in [0, 0.05) is 24.1 Å². The molecule has 76 valence electrons. The van der Waals surface area contributed by atoms with Crippen LogP contribution >= 0.6 is 0 Å². The summed E-state index contributed by atoms with van der Waals surface area (Å²) >= 11 is 0. The van der Waals surface area contributed by atoms with Crippen molar-refractivity contribution in [1.82, 2.24) is 0 Å². The van der Waals surface area contributed by atoms with Gasteiger partial charge in [-0.15, -0.1) is 0 Å². The van der Waals surface area contributed by atoms with Gasteiger partial charge in [0.05, 0.1) is 12.9 Å². The number of hydrogen-bond acceptors (Lipinski definition) is 2. The lowest BCUT2D eigenvalue weighted by molar-refractivity contribution is 0.401. The molecule has 3 N–H and O–H groups in total. The summed E-state index contributed by atoms with van der Waals surface area (Å²) in [6, 6.07) is 1.79. The monoisotopic (exact) mass is 200 g/mol. The van der Waals surface area contributed by atoms with Crippen molar-refractivity contribution >= 4 is 5.84 Å². The number of halogens is 2. The van der Waals surface area contributed by atoms with Crippen LogP contribution in [-0.2, 0) is 6.42 Å². The minimum atomic E-state index is -0.753. The molecule has 1 rings (SSSR count). The van der Waals surface area contributed by atoms with E-state index in [-0.39, 0.29) is 23.6 Å². The van der Waals surface area contributed by atoms with Gasteiger partial charge in [-0.3, -0.25) is 5.41 Å². The smallest absolute Gasteiger partial charge is 0.133 e. The lowest BCUT2D eigenvalue weighted by Gasteiger charge is -2.08. The largest absolute Gasteiger partial charge is 0.496 e. The van der Waals surface area contributed by atoms with E-state index in [1.165, 1.54) is 7.11 Å². The van der Waals surface area contributed by atoms with Gasteiger partial charge in [0.1, 0.15) is 17.4 Å². The van der Waals surface area contributed by atoms with Crippen molar-refractivity contribution in [2.45, 2.75) is 6.42 Å². The Morgan fingerprint density at radius 2 is 2.14 bits per heavy atom. The molecule has 3 nitrogen and oxygen atoms in total. The van der Waals surface area contributed by atoms with Gasteiger partial charge in [-0.1, -0.05) is 0 Å². The van der Waals surface area contributed by atoms with Crippen molar-refractivity contribution in [3.63, 3.8) is 0 Å². The number of methoxy groups -OCH3 is 1. The molecule has 0 fully saturated rings. The average molecular weight is 200 g/mol. The first-order valence-corrected chi connectivity index (χ1v) is 3.89. The molecule has 0 aliphatic rings. The van der Waals surface area contributed by atoms with E-state index in [9.17, 15) is 8.78 Å². The lowest BCUT2D eigenvalue weighted by atomic mass is 10.1. The quantitative estimate of drug-likeness (QED) is 0.573. The maximum Gasteiger partial charge on any atom is 0.133 e. The summed E-state index contributed by atoms with van der Waals surface area (Å²) in [4.78, 5) is 0. The SMILES string of the molecule is COc1cc(F)cc(F)c1CC(=N)N. The minimum Gasteiger partial charge on any atom is -0.496 e. The third-order valence-electron chi connectivity index (χ3n) is 1.71.